The molecule has 1 aliphatic heterocycles. The van der Waals surface area contributed by atoms with E-state index in [0.29, 0.717) is 0 Å². The van der Waals surface area contributed by atoms with Gasteiger partial charge >= 0.3 is 0 Å². The summed E-state index contributed by atoms with van der Waals surface area (Å²) in [5, 5.41) is 4.20. The van der Waals surface area contributed by atoms with Crippen LogP contribution in [0.4, 0.5) is 0 Å². The average molecular weight is 188 g/mol. The minimum absolute atomic E-state index is 0.869. The predicted molar refractivity (Wildman–Crippen MR) is 51.9 cm³/mol. The summed E-state index contributed by atoms with van der Waals surface area (Å²) >= 11 is 3.59. The number of hydrogen-bond donors (Lipinski definition) is 0. The largest absolute Gasteiger partial charge is 0.491 e. The smallest absolute Gasteiger partial charge is 0.143 e. The Labute approximate surface area is 75.8 Å². The summed E-state index contributed by atoms with van der Waals surface area (Å²) in [5.41, 5.74) is 0. The maximum Gasteiger partial charge on any atom is 0.143 e. The molecule has 0 radical (unpaired) electrons. The Morgan fingerprint density at radius 2 is 2.18 bits per heavy atom. The molecule has 2 rings (SSSR count). The molecule has 1 aromatic heterocycles. The average Bonchev–Trinajstić information content (AvgIpc) is 2.55. The minimum atomic E-state index is 0.869. The van der Waals surface area contributed by atoms with E-state index in [1.807, 2.05) is 25.6 Å². The zero-order chi connectivity index (χ0) is 8.10. The van der Waals surface area contributed by atoms with Gasteiger partial charge in [-0.25, -0.2) is 0 Å². The Hall–Kier alpha value is -0.150. The molecule has 0 fully saturated rings. The van der Waals surface area contributed by atoms with Gasteiger partial charge in [0, 0.05) is 16.5 Å². The number of ether oxygens (including phenoxy) is 1. The van der Waals surface area contributed by atoms with Gasteiger partial charge in [0.05, 0.1) is 11.5 Å². The van der Waals surface area contributed by atoms with Gasteiger partial charge in [0.25, 0.3) is 0 Å². The molecule has 0 saturated carbocycles. The Kier molecular flexibility index (Phi) is 3.80. The molecule has 0 saturated heterocycles. The van der Waals surface area contributed by atoms with Gasteiger partial charge in [-0.3, -0.25) is 0 Å². The van der Waals surface area contributed by atoms with E-state index < -0.39 is 0 Å². The zero-order valence-electron chi connectivity index (χ0n) is 6.79. The van der Waals surface area contributed by atoms with Crippen LogP contribution in [0.15, 0.2) is 15.7 Å². The number of rotatable bonds is 0. The van der Waals surface area contributed by atoms with Crippen molar-refractivity contribution in [3.63, 3.8) is 0 Å². The number of fused-ring (bicyclic) bond motifs is 1. The molecule has 62 valence electrons. The fraction of sp³-hybridized carbons (Fsp3) is 0.500. The molecule has 3 heteroatoms. The second-order valence-corrected chi connectivity index (χ2v) is 3.68. The van der Waals surface area contributed by atoms with E-state index in [1.54, 1.807) is 11.3 Å². The normalized spacial score (nSPS) is 14.0. The summed E-state index contributed by atoms with van der Waals surface area (Å²) in [7, 11) is 0. The van der Waals surface area contributed by atoms with Gasteiger partial charge in [0.15, 0.2) is 0 Å². The summed E-state index contributed by atoms with van der Waals surface area (Å²) < 4.78 is 5.35. The van der Waals surface area contributed by atoms with Gasteiger partial charge in [0.1, 0.15) is 5.75 Å². The third-order valence-corrected chi connectivity index (χ3v) is 3.06. The number of hydrogen-bond acceptors (Lipinski definition) is 3. The topological polar surface area (TPSA) is 9.23 Å². The van der Waals surface area contributed by atoms with Crippen LogP contribution in [-0.4, -0.2) is 12.4 Å². The van der Waals surface area contributed by atoms with E-state index in [-0.39, 0.29) is 0 Å². The highest BCUT2D eigenvalue weighted by Crippen LogP contribution is 2.35. The Morgan fingerprint density at radius 1 is 1.36 bits per heavy atom. The van der Waals surface area contributed by atoms with Crippen molar-refractivity contribution in [3.05, 3.63) is 10.8 Å². The second kappa shape index (κ2) is 4.67. The van der Waals surface area contributed by atoms with Crippen molar-refractivity contribution >= 4 is 23.1 Å². The van der Waals surface area contributed by atoms with Crippen LogP contribution in [0.5, 0.6) is 5.75 Å². The van der Waals surface area contributed by atoms with Gasteiger partial charge in [0.2, 0.25) is 0 Å². The molecule has 1 nitrogen and oxygen atoms in total. The highest BCUT2D eigenvalue weighted by atomic mass is 32.2. The summed E-state index contributed by atoms with van der Waals surface area (Å²) in [6.45, 7) is 4.87. The van der Waals surface area contributed by atoms with Crippen molar-refractivity contribution in [1.29, 1.82) is 0 Å². The van der Waals surface area contributed by atoms with Crippen molar-refractivity contribution in [2.24, 2.45) is 0 Å². The van der Waals surface area contributed by atoms with Crippen molar-refractivity contribution in [2.45, 2.75) is 18.7 Å². The van der Waals surface area contributed by atoms with Crippen LogP contribution in [0.25, 0.3) is 0 Å². The molecule has 1 aromatic rings. The van der Waals surface area contributed by atoms with Gasteiger partial charge in [-0.05, 0) is 0 Å². The van der Waals surface area contributed by atoms with Crippen molar-refractivity contribution in [2.75, 3.05) is 12.4 Å². The number of thiophene rings is 1. The van der Waals surface area contributed by atoms with Crippen LogP contribution in [0.3, 0.4) is 0 Å². The number of thioether (sulfide) groups is 1. The van der Waals surface area contributed by atoms with E-state index in [2.05, 4.69) is 10.8 Å². The first-order chi connectivity index (χ1) is 5.47. The zero-order valence-corrected chi connectivity index (χ0v) is 8.43. The Balaban J connectivity index is 0.000000281. The SMILES string of the molecule is CC.c1scc2c1OCCS2. The first-order valence-corrected chi connectivity index (χ1v) is 5.71. The van der Waals surface area contributed by atoms with E-state index >= 15 is 0 Å². The van der Waals surface area contributed by atoms with E-state index in [4.69, 9.17) is 4.74 Å². The molecule has 0 bridgehead atoms. The van der Waals surface area contributed by atoms with Gasteiger partial charge in [-0.1, -0.05) is 13.8 Å². The molecule has 0 aliphatic carbocycles. The summed E-state index contributed by atoms with van der Waals surface area (Å²) in [5.74, 6) is 2.18. The fourth-order valence-electron chi connectivity index (χ4n) is 0.787. The molecule has 1 aliphatic rings. The fourth-order valence-corrected chi connectivity index (χ4v) is 2.57. The van der Waals surface area contributed by atoms with Gasteiger partial charge in [-0.15, -0.1) is 23.1 Å². The van der Waals surface area contributed by atoms with Crippen LogP contribution in [0.2, 0.25) is 0 Å². The molecule has 0 amide bonds. The molecule has 2 heterocycles. The molecule has 0 N–H and O–H groups in total. The van der Waals surface area contributed by atoms with Gasteiger partial charge in [-0.2, -0.15) is 0 Å². The highest BCUT2D eigenvalue weighted by molar-refractivity contribution is 7.99. The highest BCUT2D eigenvalue weighted by Gasteiger charge is 2.09. The van der Waals surface area contributed by atoms with Crippen LogP contribution >= 0.6 is 23.1 Å². The lowest BCUT2D eigenvalue weighted by Gasteiger charge is -2.11. The van der Waals surface area contributed by atoms with Crippen molar-refractivity contribution in [1.82, 2.24) is 0 Å². The second-order valence-electron chi connectivity index (χ2n) is 1.80. The lowest BCUT2D eigenvalue weighted by atomic mass is 10.6. The monoisotopic (exact) mass is 188 g/mol. The Bertz CT molecular complexity index is 187. The predicted octanol–water partition coefficient (Wildman–Crippen LogP) is 3.26. The standard InChI is InChI=1S/C6H6OS2.C2H6/c1-2-9-6-4-8-3-5(6)7-1;1-2/h3-4H,1-2H2;1-2H3. The van der Waals surface area contributed by atoms with Crippen LogP contribution < -0.4 is 4.74 Å². The summed E-state index contributed by atoms with van der Waals surface area (Å²) in [4.78, 5) is 1.31. The molecule has 0 unspecified atom stereocenters. The minimum Gasteiger partial charge on any atom is -0.491 e. The molecular weight excluding hydrogens is 176 g/mol. The van der Waals surface area contributed by atoms with E-state index in [0.717, 1.165) is 18.1 Å². The summed E-state index contributed by atoms with van der Waals surface area (Å²) in [6.07, 6.45) is 0. The molecule has 0 atom stereocenters. The molecule has 11 heavy (non-hydrogen) atoms. The molecule has 0 spiro atoms. The molecule has 0 aromatic carbocycles. The maximum atomic E-state index is 5.35. The van der Waals surface area contributed by atoms with Crippen LogP contribution in [-0.2, 0) is 0 Å². The van der Waals surface area contributed by atoms with E-state index in [9.17, 15) is 0 Å². The van der Waals surface area contributed by atoms with Crippen molar-refractivity contribution in [3.8, 4) is 5.75 Å². The summed E-state index contributed by atoms with van der Waals surface area (Å²) in [6, 6.07) is 0. The first kappa shape index (κ1) is 8.94. The third kappa shape index (κ3) is 2.14. The first-order valence-electron chi connectivity index (χ1n) is 3.78. The Morgan fingerprint density at radius 3 is 2.91 bits per heavy atom. The third-order valence-electron chi connectivity index (χ3n) is 1.19. The maximum absolute atomic E-state index is 5.35. The van der Waals surface area contributed by atoms with Crippen molar-refractivity contribution < 1.29 is 4.74 Å². The van der Waals surface area contributed by atoms with Gasteiger partial charge < -0.3 is 4.74 Å². The van der Waals surface area contributed by atoms with Crippen LogP contribution in [0.1, 0.15) is 13.8 Å². The van der Waals surface area contributed by atoms with E-state index in [1.165, 1.54) is 4.90 Å². The lowest BCUT2D eigenvalue weighted by molar-refractivity contribution is 0.332. The van der Waals surface area contributed by atoms with Crippen LogP contribution in [0, 0.1) is 0 Å². The molecular formula is C8H12OS2. The quantitative estimate of drug-likeness (QED) is 0.618. The lowest BCUT2D eigenvalue weighted by Crippen LogP contribution is -2.04.